The van der Waals surface area contributed by atoms with Crippen LogP contribution in [0.4, 0.5) is 5.82 Å². The molecule has 1 heterocycles. The Bertz CT molecular complexity index is 363. The highest BCUT2D eigenvalue weighted by molar-refractivity contribution is 5.44. The average molecular weight is 248 g/mol. The van der Waals surface area contributed by atoms with Gasteiger partial charge in [-0.25, -0.2) is 9.97 Å². The quantitative estimate of drug-likeness (QED) is 0.717. The van der Waals surface area contributed by atoms with Gasteiger partial charge in [-0.1, -0.05) is 19.8 Å². The van der Waals surface area contributed by atoms with Crippen LogP contribution in [0.1, 0.15) is 44.6 Å². The fraction of sp³-hybridized carbons (Fsp3) is 0.714. The van der Waals surface area contributed by atoms with Gasteiger partial charge < -0.3 is 10.2 Å². The van der Waals surface area contributed by atoms with Gasteiger partial charge in [0.1, 0.15) is 12.1 Å². The number of nitrogens with one attached hydrogen (secondary N) is 1. The highest BCUT2D eigenvalue weighted by Gasteiger charge is 2.21. The monoisotopic (exact) mass is 248 g/mol. The zero-order valence-corrected chi connectivity index (χ0v) is 11.5. The molecule has 0 aromatic carbocycles. The minimum absolute atomic E-state index is 0.725. The molecule has 0 saturated heterocycles. The van der Waals surface area contributed by atoms with E-state index in [0.717, 1.165) is 24.9 Å². The zero-order chi connectivity index (χ0) is 12.8. The van der Waals surface area contributed by atoms with Crippen LogP contribution in [0.25, 0.3) is 0 Å². The van der Waals surface area contributed by atoms with Crippen LogP contribution in [0.2, 0.25) is 0 Å². The summed E-state index contributed by atoms with van der Waals surface area (Å²) in [4.78, 5) is 10.8. The first-order valence-corrected chi connectivity index (χ1v) is 7.04. The van der Waals surface area contributed by atoms with Crippen molar-refractivity contribution in [2.75, 3.05) is 18.5 Å². The van der Waals surface area contributed by atoms with Gasteiger partial charge in [0, 0.05) is 37.9 Å². The van der Waals surface area contributed by atoms with E-state index in [4.69, 9.17) is 0 Å². The summed E-state index contributed by atoms with van der Waals surface area (Å²) in [6.45, 7) is 4.19. The molecule has 0 amide bonds. The number of anilines is 1. The van der Waals surface area contributed by atoms with Gasteiger partial charge in [-0.3, -0.25) is 0 Å². The number of hydrogen-bond donors (Lipinski definition) is 1. The largest absolute Gasteiger partial charge is 0.359 e. The molecule has 4 heteroatoms. The maximum Gasteiger partial charge on any atom is 0.136 e. The normalized spacial score (nSPS) is 14.8. The molecule has 1 aromatic heterocycles. The van der Waals surface area contributed by atoms with Crippen molar-refractivity contribution in [2.24, 2.45) is 0 Å². The summed E-state index contributed by atoms with van der Waals surface area (Å²) in [5.41, 5.74) is 1.21. The topological polar surface area (TPSA) is 41.1 Å². The Morgan fingerprint density at radius 3 is 2.94 bits per heavy atom. The third-order valence-corrected chi connectivity index (χ3v) is 3.38. The second kappa shape index (κ2) is 6.69. The standard InChI is InChI=1S/C14H24N4/c1-3-4-5-8-18(2)14-12(9-15-11-17-14)10-16-13-6-7-13/h9,11,13,16H,3-8,10H2,1-2H3. The van der Waals surface area contributed by atoms with Gasteiger partial charge >= 0.3 is 0 Å². The molecule has 2 rings (SSSR count). The molecule has 1 aliphatic rings. The first-order chi connectivity index (χ1) is 8.81. The van der Waals surface area contributed by atoms with Crippen LogP contribution >= 0.6 is 0 Å². The van der Waals surface area contributed by atoms with Crippen molar-refractivity contribution in [3.05, 3.63) is 18.1 Å². The van der Waals surface area contributed by atoms with Crippen LogP contribution in [-0.4, -0.2) is 29.6 Å². The zero-order valence-electron chi connectivity index (χ0n) is 11.5. The van der Waals surface area contributed by atoms with Gasteiger partial charge in [0.15, 0.2) is 0 Å². The minimum atomic E-state index is 0.725. The van der Waals surface area contributed by atoms with Gasteiger partial charge in [-0.05, 0) is 19.3 Å². The number of nitrogens with zero attached hydrogens (tertiary/aromatic N) is 3. The summed E-state index contributed by atoms with van der Waals surface area (Å²) >= 11 is 0. The van der Waals surface area contributed by atoms with Crippen LogP contribution in [0.5, 0.6) is 0 Å². The fourth-order valence-corrected chi connectivity index (χ4v) is 2.07. The van der Waals surface area contributed by atoms with E-state index in [1.54, 1.807) is 6.33 Å². The second-order valence-corrected chi connectivity index (χ2v) is 5.16. The van der Waals surface area contributed by atoms with Crippen molar-refractivity contribution in [1.82, 2.24) is 15.3 Å². The SMILES string of the molecule is CCCCCN(C)c1ncncc1CNC1CC1. The van der Waals surface area contributed by atoms with Crippen molar-refractivity contribution in [3.63, 3.8) is 0 Å². The Balaban J connectivity index is 1.91. The summed E-state index contributed by atoms with van der Waals surface area (Å²) in [6.07, 6.45) is 9.98. The predicted molar refractivity (Wildman–Crippen MR) is 74.7 cm³/mol. The molecule has 1 fully saturated rings. The van der Waals surface area contributed by atoms with Gasteiger partial charge in [0.2, 0.25) is 0 Å². The molecule has 1 saturated carbocycles. The lowest BCUT2D eigenvalue weighted by Crippen LogP contribution is -2.24. The molecule has 100 valence electrons. The van der Waals surface area contributed by atoms with Crippen molar-refractivity contribution in [2.45, 2.75) is 51.6 Å². The third-order valence-electron chi connectivity index (χ3n) is 3.38. The van der Waals surface area contributed by atoms with Crippen LogP contribution in [-0.2, 0) is 6.54 Å². The molecule has 0 unspecified atom stereocenters. The van der Waals surface area contributed by atoms with Gasteiger partial charge in [0.05, 0.1) is 0 Å². The number of unbranched alkanes of at least 4 members (excludes halogenated alkanes) is 2. The lowest BCUT2D eigenvalue weighted by atomic mass is 10.2. The van der Waals surface area contributed by atoms with Crippen molar-refractivity contribution < 1.29 is 0 Å². The van der Waals surface area contributed by atoms with Gasteiger partial charge in [0.25, 0.3) is 0 Å². The summed E-state index contributed by atoms with van der Waals surface area (Å²) in [7, 11) is 2.12. The van der Waals surface area contributed by atoms with Gasteiger partial charge in [-0.15, -0.1) is 0 Å². The van der Waals surface area contributed by atoms with Gasteiger partial charge in [-0.2, -0.15) is 0 Å². The number of aromatic nitrogens is 2. The molecule has 0 spiro atoms. The van der Waals surface area contributed by atoms with E-state index in [1.165, 1.54) is 37.7 Å². The third kappa shape index (κ3) is 3.95. The summed E-state index contributed by atoms with van der Waals surface area (Å²) in [5, 5.41) is 3.53. The molecule has 0 bridgehead atoms. The predicted octanol–water partition coefficient (Wildman–Crippen LogP) is 2.36. The fourth-order valence-electron chi connectivity index (χ4n) is 2.07. The maximum atomic E-state index is 4.43. The Hall–Kier alpha value is -1.16. The molecule has 18 heavy (non-hydrogen) atoms. The van der Waals surface area contributed by atoms with E-state index < -0.39 is 0 Å². The lowest BCUT2D eigenvalue weighted by Gasteiger charge is -2.20. The van der Waals surface area contributed by atoms with E-state index in [-0.39, 0.29) is 0 Å². The first-order valence-electron chi connectivity index (χ1n) is 7.04. The molecule has 0 atom stereocenters. The van der Waals surface area contributed by atoms with Crippen molar-refractivity contribution in [3.8, 4) is 0 Å². The van der Waals surface area contributed by atoms with Crippen molar-refractivity contribution >= 4 is 5.82 Å². The molecule has 4 nitrogen and oxygen atoms in total. The highest BCUT2D eigenvalue weighted by Crippen LogP contribution is 2.21. The van der Waals surface area contributed by atoms with E-state index in [9.17, 15) is 0 Å². The average Bonchev–Trinajstić information content (AvgIpc) is 3.21. The van der Waals surface area contributed by atoms with Crippen LogP contribution in [0.3, 0.4) is 0 Å². The second-order valence-electron chi connectivity index (χ2n) is 5.16. The Morgan fingerprint density at radius 1 is 1.39 bits per heavy atom. The summed E-state index contributed by atoms with van der Waals surface area (Å²) in [6, 6.07) is 0.725. The first kappa shape index (κ1) is 13.3. The Morgan fingerprint density at radius 2 is 2.22 bits per heavy atom. The van der Waals surface area contributed by atoms with E-state index in [0.29, 0.717) is 0 Å². The smallest absolute Gasteiger partial charge is 0.136 e. The summed E-state index contributed by atoms with van der Waals surface area (Å²) < 4.78 is 0. The highest BCUT2D eigenvalue weighted by atomic mass is 15.2. The Labute approximate surface area is 110 Å². The van der Waals surface area contributed by atoms with Crippen LogP contribution in [0, 0.1) is 0 Å². The van der Waals surface area contributed by atoms with Crippen molar-refractivity contribution in [1.29, 1.82) is 0 Å². The molecule has 1 aliphatic carbocycles. The lowest BCUT2D eigenvalue weighted by molar-refractivity contribution is 0.670. The summed E-state index contributed by atoms with van der Waals surface area (Å²) in [5.74, 6) is 1.08. The minimum Gasteiger partial charge on any atom is -0.359 e. The number of rotatable bonds is 8. The van der Waals surface area contributed by atoms with Crippen LogP contribution < -0.4 is 10.2 Å². The number of hydrogen-bond acceptors (Lipinski definition) is 4. The van der Waals surface area contributed by atoms with E-state index in [2.05, 4.69) is 34.2 Å². The van der Waals surface area contributed by atoms with Crippen LogP contribution in [0.15, 0.2) is 12.5 Å². The Kier molecular flexibility index (Phi) is 4.93. The molecular weight excluding hydrogens is 224 g/mol. The van der Waals surface area contributed by atoms with E-state index >= 15 is 0 Å². The molecular formula is C14H24N4. The molecule has 1 N–H and O–H groups in total. The molecule has 0 aliphatic heterocycles. The maximum absolute atomic E-state index is 4.43. The van der Waals surface area contributed by atoms with E-state index in [1.807, 2.05) is 6.20 Å². The molecule has 0 radical (unpaired) electrons. The molecule has 1 aromatic rings.